The SMILES string of the molecule is Cc1cc(F)ccc1NC(=O)NCCc1cccs1. The second-order valence-electron chi connectivity index (χ2n) is 4.17. The van der Waals surface area contributed by atoms with E-state index in [0.717, 1.165) is 6.42 Å². The van der Waals surface area contributed by atoms with Gasteiger partial charge >= 0.3 is 6.03 Å². The Kier molecular flexibility index (Phi) is 4.52. The zero-order chi connectivity index (χ0) is 13.7. The standard InChI is InChI=1S/C14H15FN2OS/c1-10-9-11(15)4-5-13(10)17-14(18)16-7-6-12-3-2-8-19-12/h2-5,8-9H,6-7H2,1H3,(H2,16,17,18). The van der Waals surface area contributed by atoms with Crippen LogP contribution in [0.25, 0.3) is 0 Å². The Balaban J connectivity index is 1.80. The molecule has 2 aromatic rings. The summed E-state index contributed by atoms with van der Waals surface area (Å²) in [6, 6.07) is 8.03. The van der Waals surface area contributed by atoms with Gasteiger partial charge in [0.05, 0.1) is 0 Å². The number of carbonyl (C=O) groups excluding carboxylic acids is 1. The van der Waals surface area contributed by atoms with Gasteiger partial charge in [-0.3, -0.25) is 0 Å². The molecule has 2 rings (SSSR count). The van der Waals surface area contributed by atoms with E-state index < -0.39 is 0 Å². The lowest BCUT2D eigenvalue weighted by Gasteiger charge is -2.09. The minimum Gasteiger partial charge on any atom is -0.338 e. The Morgan fingerprint density at radius 3 is 2.89 bits per heavy atom. The number of halogens is 1. The van der Waals surface area contributed by atoms with Crippen molar-refractivity contribution in [3.8, 4) is 0 Å². The smallest absolute Gasteiger partial charge is 0.319 e. The number of rotatable bonds is 4. The van der Waals surface area contributed by atoms with Crippen molar-refractivity contribution in [2.45, 2.75) is 13.3 Å². The monoisotopic (exact) mass is 278 g/mol. The fourth-order valence-corrected chi connectivity index (χ4v) is 2.40. The van der Waals surface area contributed by atoms with Crippen molar-refractivity contribution in [1.82, 2.24) is 5.32 Å². The largest absolute Gasteiger partial charge is 0.338 e. The van der Waals surface area contributed by atoms with Crippen LogP contribution in [0.5, 0.6) is 0 Å². The zero-order valence-electron chi connectivity index (χ0n) is 10.6. The maximum atomic E-state index is 12.9. The number of anilines is 1. The minimum absolute atomic E-state index is 0.272. The molecule has 2 amide bonds. The van der Waals surface area contributed by atoms with Gasteiger partial charge in [0.2, 0.25) is 0 Å². The summed E-state index contributed by atoms with van der Waals surface area (Å²) in [5.41, 5.74) is 1.32. The van der Waals surface area contributed by atoms with E-state index in [-0.39, 0.29) is 11.8 Å². The van der Waals surface area contributed by atoms with E-state index in [1.807, 2.05) is 17.5 Å². The van der Waals surface area contributed by atoms with Crippen LogP contribution < -0.4 is 10.6 Å². The van der Waals surface area contributed by atoms with E-state index >= 15 is 0 Å². The normalized spacial score (nSPS) is 10.2. The van der Waals surface area contributed by atoms with Crippen LogP contribution in [0.4, 0.5) is 14.9 Å². The molecule has 3 nitrogen and oxygen atoms in total. The summed E-state index contributed by atoms with van der Waals surface area (Å²) in [7, 11) is 0. The lowest BCUT2D eigenvalue weighted by Crippen LogP contribution is -2.30. The van der Waals surface area contributed by atoms with Crippen molar-refractivity contribution in [3.63, 3.8) is 0 Å². The third kappa shape index (κ3) is 4.06. The molecular weight excluding hydrogens is 263 g/mol. The average molecular weight is 278 g/mol. The number of carbonyl (C=O) groups is 1. The highest BCUT2D eigenvalue weighted by molar-refractivity contribution is 7.09. The van der Waals surface area contributed by atoms with E-state index in [2.05, 4.69) is 10.6 Å². The first-order valence-corrected chi connectivity index (χ1v) is 6.86. The Morgan fingerprint density at radius 2 is 2.21 bits per heavy atom. The van der Waals surface area contributed by atoms with Crippen LogP contribution in [-0.2, 0) is 6.42 Å². The Morgan fingerprint density at radius 1 is 1.37 bits per heavy atom. The molecule has 19 heavy (non-hydrogen) atoms. The molecule has 0 radical (unpaired) electrons. The average Bonchev–Trinajstić information content (AvgIpc) is 2.86. The van der Waals surface area contributed by atoms with Crippen molar-refractivity contribution >= 4 is 23.1 Å². The number of urea groups is 1. The third-order valence-corrected chi connectivity index (χ3v) is 3.61. The van der Waals surface area contributed by atoms with Crippen LogP contribution in [-0.4, -0.2) is 12.6 Å². The first-order chi connectivity index (χ1) is 9.15. The molecule has 0 unspecified atom stereocenters. The number of aryl methyl sites for hydroxylation is 1. The van der Waals surface area contributed by atoms with Gasteiger partial charge in [0.25, 0.3) is 0 Å². The molecule has 0 saturated carbocycles. The molecule has 0 atom stereocenters. The van der Waals surface area contributed by atoms with Gasteiger partial charge in [-0.15, -0.1) is 11.3 Å². The van der Waals surface area contributed by atoms with E-state index in [1.165, 1.54) is 17.0 Å². The predicted octanol–water partition coefficient (Wildman–Crippen LogP) is 3.56. The molecule has 2 N–H and O–H groups in total. The molecule has 0 fully saturated rings. The number of thiophene rings is 1. The van der Waals surface area contributed by atoms with Gasteiger partial charge in [-0.05, 0) is 48.6 Å². The molecule has 0 aliphatic rings. The van der Waals surface area contributed by atoms with Crippen LogP contribution >= 0.6 is 11.3 Å². The summed E-state index contributed by atoms with van der Waals surface area (Å²) in [4.78, 5) is 12.9. The Hall–Kier alpha value is -1.88. The number of benzene rings is 1. The number of nitrogens with one attached hydrogen (secondary N) is 2. The number of hydrogen-bond acceptors (Lipinski definition) is 2. The van der Waals surface area contributed by atoms with Crippen molar-refractivity contribution in [2.24, 2.45) is 0 Å². The van der Waals surface area contributed by atoms with Gasteiger partial charge in [-0.1, -0.05) is 6.07 Å². The molecule has 5 heteroatoms. The van der Waals surface area contributed by atoms with Crippen molar-refractivity contribution in [3.05, 3.63) is 52.0 Å². The van der Waals surface area contributed by atoms with Crippen molar-refractivity contribution in [2.75, 3.05) is 11.9 Å². The molecule has 1 aromatic carbocycles. The lowest BCUT2D eigenvalue weighted by molar-refractivity contribution is 0.252. The second-order valence-corrected chi connectivity index (χ2v) is 5.20. The molecular formula is C14H15FN2OS. The predicted molar refractivity (Wildman–Crippen MR) is 76.2 cm³/mol. The second kappa shape index (κ2) is 6.33. The summed E-state index contributed by atoms with van der Waals surface area (Å²) in [6.45, 7) is 2.33. The van der Waals surface area contributed by atoms with Crippen LogP contribution in [0.15, 0.2) is 35.7 Å². The molecule has 0 bridgehead atoms. The van der Waals surface area contributed by atoms with E-state index in [0.29, 0.717) is 17.8 Å². The third-order valence-electron chi connectivity index (χ3n) is 2.67. The maximum absolute atomic E-state index is 12.9. The van der Waals surface area contributed by atoms with Crippen LogP contribution in [0.1, 0.15) is 10.4 Å². The van der Waals surface area contributed by atoms with Crippen LogP contribution in [0, 0.1) is 12.7 Å². The van der Waals surface area contributed by atoms with Gasteiger partial charge < -0.3 is 10.6 Å². The summed E-state index contributed by atoms with van der Waals surface area (Å²) in [5.74, 6) is -0.304. The Bertz CT molecular complexity index is 555. The minimum atomic E-state index is -0.304. The van der Waals surface area contributed by atoms with E-state index in [9.17, 15) is 9.18 Å². The highest BCUT2D eigenvalue weighted by atomic mass is 32.1. The molecule has 0 saturated heterocycles. The molecule has 1 heterocycles. The molecule has 100 valence electrons. The van der Waals surface area contributed by atoms with Gasteiger partial charge in [0.15, 0.2) is 0 Å². The van der Waals surface area contributed by atoms with Crippen LogP contribution in [0.2, 0.25) is 0 Å². The first-order valence-electron chi connectivity index (χ1n) is 5.98. The fourth-order valence-electron chi connectivity index (χ4n) is 1.69. The lowest BCUT2D eigenvalue weighted by atomic mass is 10.2. The number of amides is 2. The molecule has 0 aliphatic carbocycles. The fraction of sp³-hybridized carbons (Fsp3) is 0.214. The van der Waals surface area contributed by atoms with Gasteiger partial charge in [-0.25, -0.2) is 9.18 Å². The molecule has 1 aromatic heterocycles. The summed E-state index contributed by atoms with van der Waals surface area (Å²) in [6.07, 6.45) is 0.813. The van der Waals surface area contributed by atoms with Gasteiger partial charge in [-0.2, -0.15) is 0 Å². The van der Waals surface area contributed by atoms with Crippen molar-refractivity contribution in [1.29, 1.82) is 0 Å². The number of hydrogen-bond donors (Lipinski definition) is 2. The maximum Gasteiger partial charge on any atom is 0.319 e. The molecule has 0 aliphatic heterocycles. The summed E-state index contributed by atoms with van der Waals surface area (Å²) in [5, 5.41) is 7.49. The van der Waals surface area contributed by atoms with Gasteiger partial charge in [0, 0.05) is 17.1 Å². The van der Waals surface area contributed by atoms with Crippen LogP contribution in [0.3, 0.4) is 0 Å². The summed E-state index contributed by atoms with van der Waals surface area (Å²) >= 11 is 1.67. The van der Waals surface area contributed by atoms with E-state index in [1.54, 1.807) is 24.3 Å². The zero-order valence-corrected chi connectivity index (χ0v) is 11.4. The highest BCUT2D eigenvalue weighted by Crippen LogP contribution is 2.15. The topological polar surface area (TPSA) is 41.1 Å². The Labute approximate surface area is 115 Å². The highest BCUT2D eigenvalue weighted by Gasteiger charge is 2.04. The van der Waals surface area contributed by atoms with Crippen molar-refractivity contribution < 1.29 is 9.18 Å². The summed E-state index contributed by atoms with van der Waals surface area (Å²) < 4.78 is 12.9. The molecule has 0 spiro atoms. The quantitative estimate of drug-likeness (QED) is 0.882. The first kappa shape index (κ1) is 13.5. The van der Waals surface area contributed by atoms with Gasteiger partial charge in [0.1, 0.15) is 5.82 Å². The van der Waals surface area contributed by atoms with E-state index in [4.69, 9.17) is 0 Å².